The first-order chi connectivity index (χ1) is 16.7. The van der Waals surface area contributed by atoms with Crippen LogP contribution in [0, 0.1) is 23.0 Å². The molecule has 3 aromatic rings. The Kier molecular flexibility index (Phi) is 8.12. The molecule has 3 rings (SSSR count). The summed E-state index contributed by atoms with van der Waals surface area (Å²) in [5.41, 5.74) is 0.0611. The number of benzene rings is 3. The molecule has 0 fully saturated rings. The Labute approximate surface area is 200 Å². The van der Waals surface area contributed by atoms with Crippen molar-refractivity contribution < 1.29 is 31.5 Å². The van der Waals surface area contributed by atoms with Crippen LogP contribution in [0.15, 0.2) is 77.7 Å². The molecule has 0 aliphatic rings. The average Bonchev–Trinajstić information content (AvgIpc) is 2.83. The second-order valence-corrected chi connectivity index (χ2v) is 8.74. The number of nitrogens with zero attached hydrogens (tertiary/aromatic N) is 2. The third kappa shape index (κ3) is 6.39. The quantitative estimate of drug-likeness (QED) is 0.447. The highest BCUT2D eigenvalue weighted by Gasteiger charge is 2.24. The number of ether oxygens (including phenoxy) is 1. The van der Waals surface area contributed by atoms with Gasteiger partial charge in [0.15, 0.2) is 6.61 Å². The van der Waals surface area contributed by atoms with Gasteiger partial charge in [-0.15, -0.1) is 0 Å². The Bertz CT molecular complexity index is 1380. The molecule has 1 amide bonds. The molecule has 180 valence electrons. The standard InChI is InChI=1S/C24H19F2N3O5S/c25-17-11-12-22(20(26)15-17)35(32,33)28-21-10-5-4-9-19(21)24(31)34-16-23(30)29(14-6-13-27)18-7-2-1-3-8-18/h1-5,7-12,15,28H,6,14,16H2. The van der Waals surface area contributed by atoms with Crippen molar-refractivity contribution in [1.29, 1.82) is 5.26 Å². The van der Waals surface area contributed by atoms with Crippen molar-refractivity contribution in [2.45, 2.75) is 11.3 Å². The Morgan fingerprint density at radius 3 is 2.37 bits per heavy atom. The van der Waals surface area contributed by atoms with Crippen LogP contribution >= 0.6 is 0 Å². The molecule has 8 nitrogen and oxygen atoms in total. The van der Waals surface area contributed by atoms with Crippen LogP contribution in [-0.4, -0.2) is 33.4 Å². The minimum Gasteiger partial charge on any atom is -0.452 e. The van der Waals surface area contributed by atoms with Gasteiger partial charge in [-0.2, -0.15) is 5.26 Å². The number of carbonyl (C=O) groups is 2. The second-order valence-electron chi connectivity index (χ2n) is 7.09. The number of halogens is 2. The maximum Gasteiger partial charge on any atom is 0.340 e. The molecule has 11 heteroatoms. The third-order valence-corrected chi connectivity index (χ3v) is 6.12. The molecule has 0 bridgehead atoms. The highest BCUT2D eigenvalue weighted by Crippen LogP contribution is 2.23. The van der Waals surface area contributed by atoms with Crippen LogP contribution in [0.5, 0.6) is 0 Å². The fraction of sp³-hybridized carbons (Fsp3) is 0.125. The monoisotopic (exact) mass is 499 g/mol. The van der Waals surface area contributed by atoms with Gasteiger partial charge in [0, 0.05) is 18.3 Å². The van der Waals surface area contributed by atoms with Crippen molar-refractivity contribution >= 4 is 33.3 Å². The lowest BCUT2D eigenvalue weighted by molar-refractivity contribution is -0.121. The van der Waals surface area contributed by atoms with Gasteiger partial charge in [0.05, 0.1) is 23.7 Å². The van der Waals surface area contributed by atoms with Gasteiger partial charge < -0.3 is 9.64 Å². The first-order valence-electron chi connectivity index (χ1n) is 10.2. The SMILES string of the molecule is N#CCCN(C(=O)COC(=O)c1ccccc1NS(=O)(=O)c1ccc(F)cc1F)c1ccccc1. The van der Waals surface area contributed by atoms with Crippen LogP contribution in [0.1, 0.15) is 16.8 Å². The summed E-state index contributed by atoms with van der Waals surface area (Å²) in [4.78, 5) is 25.9. The molecule has 3 aromatic carbocycles. The van der Waals surface area contributed by atoms with E-state index in [0.29, 0.717) is 11.8 Å². The van der Waals surface area contributed by atoms with E-state index in [4.69, 9.17) is 10.00 Å². The lowest BCUT2D eigenvalue weighted by atomic mass is 10.2. The maximum absolute atomic E-state index is 14.0. The van der Waals surface area contributed by atoms with E-state index in [1.165, 1.54) is 29.2 Å². The highest BCUT2D eigenvalue weighted by molar-refractivity contribution is 7.92. The molecule has 0 saturated carbocycles. The number of esters is 1. The van der Waals surface area contributed by atoms with Gasteiger partial charge >= 0.3 is 5.97 Å². The van der Waals surface area contributed by atoms with E-state index in [-0.39, 0.29) is 24.2 Å². The zero-order chi connectivity index (χ0) is 25.4. The van der Waals surface area contributed by atoms with E-state index in [1.54, 1.807) is 30.3 Å². The predicted octanol–water partition coefficient (Wildman–Crippen LogP) is 3.87. The first kappa shape index (κ1) is 25.3. The molecule has 0 spiro atoms. The van der Waals surface area contributed by atoms with E-state index in [1.807, 2.05) is 6.07 Å². The number of sulfonamides is 1. The summed E-state index contributed by atoms with van der Waals surface area (Å²) in [6, 6.07) is 17.8. The van der Waals surface area contributed by atoms with Crippen LogP contribution in [0.4, 0.5) is 20.2 Å². The Balaban J connectivity index is 1.76. The highest BCUT2D eigenvalue weighted by atomic mass is 32.2. The van der Waals surface area contributed by atoms with Crippen molar-refractivity contribution in [3.8, 4) is 6.07 Å². The van der Waals surface area contributed by atoms with Gasteiger partial charge in [-0.25, -0.2) is 22.0 Å². The minimum atomic E-state index is -4.51. The number of anilines is 2. The zero-order valence-corrected chi connectivity index (χ0v) is 19.0. The molecule has 0 atom stereocenters. The molecule has 0 aliphatic heterocycles. The van der Waals surface area contributed by atoms with E-state index in [2.05, 4.69) is 4.72 Å². The number of rotatable bonds is 9. The van der Waals surface area contributed by atoms with Crippen molar-refractivity contribution in [3.05, 3.63) is 90.0 Å². The predicted molar refractivity (Wildman–Crippen MR) is 123 cm³/mol. The molecule has 0 heterocycles. The summed E-state index contributed by atoms with van der Waals surface area (Å²) in [6.07, 6.45) is 0.0547. The van der Waals surface area contributed by atoms with Crippen LogP contribution < -0.4 is 9.62 Å². The Hall–Kier alpha value is -4.30. The molecule has 0 aliphatic carbocycles. The van der Waals surface area contributed by atoms with Gasteiger partial charge in [-0.05, 0) is 36.4 Å². The number of nitriles is 1. The van der Waals surface area contributed by atoms with Crippen molar-refractivity contribution in [1.82, 2.24) is 0 Å². The molecule has 0 saturated heterocycles. The number of hydrogen-bond donors (Lipinski definition) is 1. The first-order valence-corrected chi connectivity index (χ1v) is 11.7. The zero-order valence-electron chi connectivity index (χ0n) is 18.1. The Morgan fingerprint density at radius 1 is 1.00 bits per heavy atom. The summed E-state index contributed by atoms with van der Waals surface area (Å²) >= 11 is 0. The van der Waals surface area contributed by atoms with Gasteiger partial charge in [0.1, 0.15) is 16.5 Å². The summed E-state index contributed by atoms with van der Waals surface area (Å²) in [5, 5.41) is 8.88. The van der Waals surface area contributed by atoms with Gasteiger partial charge in [0.25, 0.3) is 15.9 Å². The summed E-state index contributed by atoms with van der Waals surface area (Å²) in [6.45, 7) is -0.594. The van der Waals surface area contributed by atoms with Crippen LogP contribution in [0.3, 0.4) is 0 Å². The van der Waals surface area contributed by atoms with Gasteiger partial charge in [-0.3, -0.25) is 9.52 Å². The minimum absolute atomic E-state index is 0.0547. The fourth-order valence-corrected chi connectivity index (χ4v) is 4.23. The number of para-hydroxylation sites is 2. The lowest BCUT2D eigenvalue weighted by Crippen LogP contribution is -2.35. The van der Waals surface area contributed by atoms with Gasteiger partial charge in [0.2, 0.25) is 0 Å². The van der Waals surface area contributed by atoms with E-state index in [0.717, 1.165) is 12.1 Å². The van der Waals surface area contributed by atoms with Crippen LogP contribution in [0.2, 0.25) is 0 Å². The summed E-state index contributed by atoms with van der Waals surface area (Å²) in [5.74, 6) is -3.85. The van der Waals surface area contributed by atoms with Crippen LogP contribution in [-0.2, 0) is 19.6 Å². The molecule has 35 heavy (non-hydrogen) atoms. The number of nitrogens with one attached hydrogen (secondary N) is 1. The molecule has 1 N–H and O–H groups in total. The Morgan fingerprint density at radius 2 is 1.69 bits per heavy atom. The van der Waals surface area contributed by atoms with Crippen LogP contribution in [0.25, 0.3) is 0 Å². The van der Waals surface area contributed by atoms with Crippen molar-refractivity contribution in [3.63, 3.8) is 0 Å². The smallest absolute Gasteiger partial charge is 0.340 e. The third-order valence-electron chi connectivity index (χ3n) is 4.72. The normalized spacial score (nSPS) is 10.8. The topological polar surface area (TPSA) is 117 Å². The molecular weight excluding hydrogens is 480 g/mol. The lowest BCUT2D eigenvalue weighted by Gasteiger charge is -2.21. The molecule has 0 unspecified atom stereocenters. The largest absolute Gasteiger partial charge is 0.452 e. The molecular formula is C24H19F2N3O5S. The second kappa shape index (κ2) is 11.2. The summed E-state index contributed by atoms with van der Waals surface area (Å²) in [7, 11) is -4.51. The number of hydrogen-bond acceptors (Lipinski definition) is 6. The molecule has 0 aromatic heterocycles. The number of amides is 1. The number of carbonyl (C=O) groups excluding carboxylic acids is 2. The average molecular weight is 499 g/mol. The van der Waals surface area contributed by atoms with Gasteiger partial charge in [-0.1, -0.05) is 30.3 Å². The van der Waals surface area contributed by atoms with E-state index < -0.39 is 45.0 Å². The van der Waals surface area contributed by atoms with E-state index >= 15 is 0 Å². The van der Waals surface area contributed by atoms with E-state index in [9.17, 15) is 26.8 Å². The fourth-order valence-electron chi connectivity index (χ4n) is 3.09. The maximum atomic E-state index is 14.0. The van der Waals surface area contributed by atoms with Crippen molar-refractivity contribution in [2.24, 2.45) is 0 Å². The summed E-state index contributed by atoms with van der Waals surface area (Å²) < 4.78 is 59.6. The molecule has 0 radical (unpaired) electrons. The van der Waals surface area contributed by atoms with Crippen molar-refractivity contribution in [2.75, 3.05) is 22.8 Å².